The Morgan fingerprint density at radius 3 is 2.39 bits per heavy atom. The van der Waals surface area contributed by atoms with Crippen LogP contribution in [0, 0.1) is 0 Å². The fourth-order valence-electron chi connectivity index (χ4n) is 5.59. The van der Waals surface area contributed by atoms with Gasteiger partial charge in [0.25, 0.3) is 5.79 Å². The van der Waals surface area contributed by atoms with Gasteiger partial charge in [-0.3, -0.25) is 4.98 Å². The predicted molar refractivity (Wildman–Crippen MR) is 117 cm³/mol. The Kier molecular flexibility index (Phi) is 6.84. The molecule has 186 valence electrons. The Hall–Kier alpha value is -1.25. The van der Waals surface area contributed by atoms with Crippen molar-refractivity contribution in [2.45, 2.75) is 86.6 Å². The smallest absolute Gasteiger partial charge is 0.252 e. The highest BCUT2D eigenvalue weighted by atomic mass is 16.8. The summed E-state index contributed by atoms with van der Waals surface area (Å²) < 4.78 is 18.4. The van der Waals surface area contributed by atoms with E-state index in [1.165, 1.54) is 6.92 Å². The molecule has 2 aliphatic heterocycles. The van der Waals surface area contributed by atoms with Gasteiger partial charge in [-0.2, -0.15) is 0 Å². The van der Waals surface area contributed by atoms with Gasteiger partial charge in [-0.05, 0) is 40.1 Å². The number of hydrogen-bond acceptors (Lipinski definition) is 11. The first kappa shape index (κ1) is 24.9. The van der Waals surface area contributed by atoms with Crippen molar-refractivity contribution >= 4 is 0 Å². The van der Waals surface area contributed by atoms with E-state index < -0.39 is 59.8 Å². The molecule has 1 aliphatic carbocycles. The topological polar surface area (TPSA) is 158 Å². The number of likely N-dealkylation sites (N-methyl/N-ethyl adjacent to an activating group) is 2. The van der Waals surface area contributed by atoms with Crippen molar-refractivity contribution in [1.29, 1.82) is 0 Å². The number of rotatable bonds is 6. The number of aliphatic hydroxyl groups is 4. The minimum atomic E-state index is -2.29. The van der Waals surface area contributed by atoms with Crippen LogP contribution < -0.4 is 16.0 Å². The largest absolute Gasteiger partial charge is 0.390 e. The molecule has 3 aliphatic rings. The molecule has 0 spiro atoms. The highest BCUT2D eigenvalue weighted by molar-refractivity contribution is 5.15. The van der Waals surface area contributed by atoms with Crippen LogP contribution in [0.5, 0.6) is 0 Å². The third-order valence-electron chi connectivity index (χ3n) is 7.20. The van der Waals surface area contributed by atoms with Gasteiger partial charge in [0.15, 0.2) is 0 Å². The van der Waals surface area contributed by atoms with Crippen molar-refractivity contribution < 1.29 is 34.6 Å². The predicted octanol–water partition coefficient (Wildman–Crippen LogP) is -2.19. The van der Waals surface area contributed by atoms with Gasteiger partial charge in [0, 0.05) is 25.7 Å². The number of fused-ring (bicyclic) bond motifs is 2. The Morgan fingerprint density at radius 2 is 1.76 bits per heavy atom. The number of pyridine rings is 1. The number of nitrogens with one attached hydrogen (secondary N) is 3. The lowest BCUT2D eigenvalue weighted by atomic mass is 9.75. The fraction of sp³-hybridized carbons (Fsp3) is 0.773. The van der Waals surface area contributed by atoms with Crippen LogP contribution in [0.1, 0.15) is 26.0 Å². The molecule has 1 aromatic rings. The summed E-state index contributed by atoms with van der Waals surface area (Å²) >= 11 is 0. The van der Waals surface area contributed by atoms with Crippen LogP contribution in [0.25, 0.3) is 0 Å². The number of hydrogen-bond donors (Lipinski definition) is 7. The first-order chi connectivity index (χ1) is 15.6. The molecule has 10 atom stereocenters. The summed E-state index contributed by atoms with van der Waals surface area (Å²) in [7, 11) is 3.29. The second kappa shape index (κ2) is 9.08. The lowest BCUT2D eigenvalue weighted by Crippen LogP contribution is -2.84. The SMILES string of the molecule is CN[C@@H]1[C@H](O)[C@H](NC)[C@H]2O[C@]3(O)C(C)(OC2[C@H]1O)O[C@H](C)C[C@@]3(O)CNCc1ccccn1. The molecule has 0 amide bonds. The molecule has 7 N–H and O–H groups in total. The van der Waals surface area contributed by atoms with E-state index in [1.807, 2.05) is 18.2 Å². The summed E-state index contributed by atoms with van der Waals surface area (Å²) in [5, 5.41) is 54.4. The molecule has 0 radical (unpaired) electrons. The molecule has 11 nitrogen and oxygen atoms in total. The monoisotopic (exact) mass is 468 g/mol. The van der Waals surface area contributed by atoms with E-state index in [0.29, 0.717) is 6.54 Å². The normalized spacial score (nSPS) is 47.6. The van der Waals surface area contributed by atoms with Crippen LogP contribution in [0.3, 0.4) is 0 Å². The van der Waals surface area contributed by atoms with Crippen molar-refractivity contribution in [1.82, 2.24) is 20.9 Å². The number of aromatic nitrogens is 1. The average Bonchev–Trinajstić information content (AvgIpc) is 2.76. The quantitative estimate of drug-likeness (QED) is 0.243. The third-order valence-corrected chi connectivity index (χ3v) is 7.20. The van der Waals surface area contributed by atoms with Gasteiger partial charge < -0.3 is 50.6 Å². The van der Waals surface area contributed by atoms with Gasteiger partial charge >= 0.3 is 0 Å². The van der Waals surface area contributed by atoms with E-state index in [4.69, 9.17) is 14.2 Å². The van der Waals surface area contributed by atoms with Crippen molar-refractivity contribution in [2.24, 2.45) is 0 Å². The Labute approximate surface area is 193 Å². The zero-order valence-corrected chi connectivity index (χ0v) is 19.4. The van der Waals surface area contributed by atoms with Crippen LogP contribution in [0.4, 0.5) is 0 Å². The summed E-state index contributed by atoms with van der Waals surface area (Å²) in [5.74, 6) is -4.06. The maximum absolute atomic E-state index is 11.8. The summed E-state index contributed by atoms with van der Waals surface area (Å²) in [4.78, 5) is 4.26. The highest BCUT2D eigenvalue weighted by Crippen LogP contribution is 2.51. The molecule has 0 bridgehead atoms. The summed E-state index contributed by atoms with van der Waals surface area (Å²) in [6.07, 6.45) is -2.77. The molecule has 11 heteroatoms. The lowest BCUT2D eigenvalue weighted by Gasteiger charge is -2.64. The van der Waals surface area contributed by atoms with Crippen LogP contribution in [0.2, 0.25) is 0 Å². The maximum Gasteiger partial charge on any atom is 0.252 e. The van der Waals surface area contributed by atoms with Crippen molar-refractivity contribution in [3.63, 3.8) is 0 Å². The van der Waals surface area contributed by atoms with Gasteiger partial charge in [0.1, 0.15) is 23.9 Å². The summed E-state index contributed by atoms with van der Waals surface area (Å²) in [6, 6.07) is 4.16. The van der Waals surface area contributed by atoms with E-state index >= 15 is 0 Å². The van der Waals surface area contributed by atoms with Crippen LogP contribution in [-0.2, 0) is 20.8 Å². The number of nitrogens with zero attached hydrogens (tertiary/aromatic N) is 1. The van der Waals surface area contributed by atoms with Gasteiger partial charge in [0.2, 0.25) is 5.79 Å². The van der Waals surface area contributed by atoms with Crippen LogP contribution in [-0.4, -0.2) is 106 Å². The first-order valence-corrected chi connectivity index (χ1v) is 11.4. The van der Waals surface area contributed by atoms with Gasteiger partial charge in [0.05, 0.1) is 30.0 Å². The molecule has 2 unspecified atom stereocenters. The third kappa shape index (κ3) is 4.00. The molecule has 1 aromatic heterocycles. The second-order valence-corrected chi connectivity index (χ2v) is 9.45. The molecular weight excluding hydrogens is 432 g/mol. The summed E-state index contributed by atoms with van der Waals surface area (Å²) in [6.45, 7) is 3.62. The van der Waals surface area contributed by atoms with Crippen molar-refractivity contribution in [2.75, 3.05) is 20.6 Å². The molecule has 1 saturated carbocycles. The van der Waals surface area contributed by atoms with Gasteiger partial charge in [-0.15, -0.1) is 0 Å². The molecule has 3 fully saturated rings. The van der Waals surface area contributed by atoms with E-state index in [1.54, 1.807) is 27.2 Å². The average molecular weight is 469 g/mol. The molecule has 4 rings (SSSR count). The molecular formula is C22H36N4O7. The highest BCUT2D eigenvalue weighted by Gasteiger charge is 2.73. The minimum Gasteiger partial charge on any atom is -0.390 e. The van der Waals surface area contributed by atoms with Crippen molar-refractivity contribution in [3.05, 3.63) is 30.1 Å². The standard InChI is InChI=1S/C22H36N4O7/c1-12-9-21(29,11-25-10-13-7-5-6-8-26-13)22(30)20(2,31-12)32-19-17(28)14(23-3)16(27)15(24-4)18(19)33-22/h5-8,12,14-19,23-25,27-30H,9-11H2,1-4H3/t12-,14-,15+,16+,17+,18-,19?,20?,21-,22-/m1/s1. The van der Waals surface area contributed by atoms with Gasteiger partial charge in [-0.25, -0.2) is 0 Å². The number of ether oxygens (including phenoxy) is 3. The molecule has 2 saturated heterocycles. The molecule has 0 aromatic carbocycles. The van der Waals surface area contributed by atoms with E-state index in [-0.39, 0.29) is 13.0 Å². The first-order valence-electron chi connectivity index (χ1n) is 11.4. The van der Waals surface area contributed by atoms with E-state index in [9.17, 15) is 20.4 Å². The zero-order chi connectivity index (χ0) is 24.0. The second-order valence-electron chi connectivity index (χ2n) is 9.45. The minimum absolute atomic E-state index is 0.0292. The van der Waals surface area contributed by atoms with E-state index in [0.717, 1.165) is 5.69 Å². The maximum atomic E-state index is 11.8. The molecule has 3 heterocycles. The van der Waals surface area contributed by atoms with E-state index in [2.05, 4.69) is 20.9 Å². The van der Waals surface area contributed by atoms with Gasteiger partial charge in [-0.1, -0.05) is 6.07 Å². The van der Waals surface area contributed by atoms with Crippen LogP contribution >= 0.6 is 0 Å². The molecule has 33 heavy (non-hydrogen) atoms. The lowest BCUT2D eigenvalue weighted by molar-refractivity contribution is -0.521. The Balaban J connectivity index is 1.63. The number of aliphatic hydroxyl groups excluding tert-OH is 2. The summed E-state index contributed by atoms with van der Waals surface area (Å²) in [5.41, 5.74) is -1.02. The van der Waals surface area contributed by atoms with Crippen LogP contribution in [0.15, 0.2) is 24.4 Å². The Morgan fingerprint density at radius 1 is 1.03 bits per heavy atom. The Bertz CT molecular complexity index is 821. The van der Waals surface area contributed by atoms with Crippen molar-refractivity contribution in [3.8, 4) is 0 Å². The fourth-order valence-corrected chi connectivity index (χ4v) is 5.59. The zero-order valence-electron chi connectivity index (χ0n) is 19.4.